The molecule has 196 valence electrons. The first-order valence-electron chi connectivity index (χ1n) is 11.8. The van der Waals surface area contributed by atoms with Gasteiger partial charge in [-0.2, -0.15) is 0 Å². The highest BCUT2D eigenvalue weighted by molar-refractivity contribution is 6.02. The highest BCUT2D eigenvalue weighted by Gasteiger charge is 2.71. The normalized spacial score (nSPS) is 22.7. The zero-order chi connectivity index (χ0) is 26.6. The van der Waals surface area contributed by atoms with Gasteiger partial charge in [0.15, 0.2) is 0 Å². The van der Waals surface area contributed by atoms with Crippen LogP contribution in [0.5, 0.6) is 5.75 Å². The average Bonchev–Trinajstić information content (AvgIpc) is 3.15. The van der Waals surface area contributed by atoms with Gasteiger partial charge >= 0.3 is 6.09 Å². The van der Waals surface area contributed by atoms with Gasteiger partial charge in [-0.25, -0.2) is 20.1 Å². The number of fused-ring (bicyclic) bond motifs is 3. The molecular weight excluding hydrogens is 482 g/mol. The van der Waals surface area contributed by atoms with E-state index in [2.05, 4.69) is 20.6 Å². The third-order valence-electron chi connectivity index (χ3n) is 6.91. The molecule has 2 aromatic rings. The predicted octanol–water partition coefficient (Wildman–Crippen LogP) is 2.32. The third-order valence-corrected chi connectivity index (χ3v) is 6.91. The lowest BCUT2D eigenvalue weighted by Gasteiger charge is -2.61. The van der Waals surface area contributed by atoms with E-state index >= 15 is 0 Å². The number of hydrogen-bond donors (Lipinski definition) is 3. The maximum absolute atomic E-state index is 12.7. The molecule has 0 aliphatic carbocycles. The quantitative estimate of drug-likeness (QED) is 0.555. The van der Waals surface area contributed by atoms with Crippen molar-refractivity contribution >= 4 is 23.7 Å². The van der Waals surface area contributed by atoms with Gasteiger partial charge in [-0.3, -0.25) is 9.59 Å². The van der Waals surface area contributed by atoms with Gasteiger partial charge in [0.1, 0.15) is 34.8 Å². The zero-order valence-electron chi connectivity index (χ0n) is 21.3. The van der Waals surface area contributed by atoms with Crippen LogP contribution in [0.2, 0.25) is 0 Å². The Morgan fingerprint density at radius 1 is 1.14 bits per heavy atom. The Kier molecular flexibility index (Phi) is 5.55. The number of H-pyrrole nitrogens is 1. The summed E-state index contributed by atoms with van der Waals surface area (Å²) in [6.45, 7) is 10.1. The second-order valence-corrected chi connectivity index (χ2v) is 10.8. The molecule has 12 nitrogen and oxygen atoms in total. The molecule has 1 saturated heterocycles. The minimum absolute atomic E-state index is 0.0380. The van der Waals surface area contributed by atoms with Crippen LogP contribution in [0.1, 0.15) is 50.7 Å². The summed E-state index contributed by atoms with van der Waals surface area (Å²) in [6.07, 6.45) is 1.60. The zero-order valence-corrected chi connectivity index (χ0v) is 21.3. The molecular formula is C25H29N5O7. The molecule has 0 bridgehead atoms. The molecule has 2 amide bonds. The Balaban J connectivity index is 1.52. The molecule has 1 fully saturated rings. The number of anilines is 1. The van der Waals surface area contributed by atoms with Crippen LogP contribution in [0.3, 0.4) is 0 Å². The van der Waals surface area contributed by atoms with E-state index in [1.165, 1.54) is 6.20 Å². The van der Waals surface area contributed by atoms with Crippen LogP contribution in [0.15, 0.2) is 40.4 Å². The van der Waals surface area contributed by atoms with Gasteiger partial charge in [0.25, 0.3) is 17.5 Å². The van der Waals surface area contributed by atoms with Gasteiger partial charge in [0.2, 0.25) is 0 Å². The standard InChI is InChI=1S/C25H29N5O7/c1-22(2,3)37-21(33)29-20-30-25(13-35-20)15-8-14(28-19(32)16-9-27-18(31)10-26-16)6-7-17(15)36-23(4,5)24(25)11-34-12-24/h6-10H,11-13H2,1-5H3,(H,27,31)(H,28,32)(H,29,30,33). The number of rotatable bonds is 2. The molecule has 4 heterocycles. The highest BCUT2D eigenvalue weighted by atomic mass is 16.6. The fourth-order valence-corrected chi connectivity index (χ4v) is 4.95. The molecule has 37 heavy (non-hydrogen) atoms. The SMILES string of the molecule is CC(C)(C)OC(=O)NC1=NC2(CO1)c1cc(NC(=O)c3c[nH]c(=O)cn3)ccc1OC(C)(C)C21COC1. The minimum Gasteiger partial charge on any atom is -0.487 e. The van der Waals surface area contributed by atoms with Gasteiger partial charge in [0.05, 0.1) is 24.8 Å². The lowest BCUT2D eigenvalue weighted by Crippen LogP contribution is -2.71. The molecule has 3 N–H and O–H groups in total. The fourth-order valence-electron chi connectivity index (χ4n) is 4.95. The first-order chi connectivity index (χ1) is 17.3. The van der Waals surface area contributed by atoms with Crippen molar-refractivity contribution in [3.63, 3.8) is 0 Å². The van der Waals surface area contributed by atoms with Crippen molar-refractivity contribution in [2.24, 2.45) is 10.4 Å². The summed E-state index contributed by atoms with van der Waals surface area (Å²) in [5.41, 5.74) is -2.14. The first-order valence-corrected chi connectivity index (χ1v) is 11.8. The van der Waals surface area contributed by atoms with Crippen molar-refractivity contribution in [1.82, 2.24) is 15.3 Å². The summed E-state index contributed by atoms with van der Waals surface area (Å²) in [5, 5.41) is 5.40. The van der Waals surface area contributed by atoms with Crippen LogP contribution in [0.4, 0.5) is 10.5 Å². The summed E-state index contributed by atoms with van der Waals surface area (Å²) < 4.78 is 23.4. The van der Waals surface area contributed by atoms with Gasteiger partial charge in [0, 0.05) is 17.4 Å². The number of aromatic amines is 1. The molecule has 1 aromatic heterocycles. The minimum atomic E-state index is -0.969. The number of amidine groups is 1. The smallest absolute Gasteiger partial charge is 0.415 e. The van der Waals surface area contributed by atoms with E-state index in [0.717, 1.165) is 6.20 Å². The van der Waals surface area contributed by atoms with E-state index in [1.54, 1.807) is 39.0 Å². The average molecular weight is 512 g/mol. The van der Waals surface area contributed by atoms with Gasteiger partial charge in [-0.05, 0) is 52.8 Å². The van der Waals surface area contributed by atoms with Crippen LogP contribution < -0.4 is 20.9 Å². The second-order valence-electron chi connectivity index (χ2n) is 10.8. The number of carbonyl (C=O) groups is 2. The Bertz CT molecular complexity index is 1340. The van der Waals surface area contributed by atoms with Crippen molar-refractivity contribution in [2.45, 2.75) is 51.4 Å². The topological polar surface area (TPSA) is 153 Å². The maximum Gasteiger partial charge on any atom is 0.415 e. The van der Waals surface area contributed by atoms with Crippen LogP contribution >= 0.6 is 0 Å². The molecule has 1 unspecified atom stereocenters. The number of aliphatic imine (C=N–C) groups is 1. The molecule has 12 heteroatoms. The second kappa shape index (κ2) is 8.30. The molecule has 2 spiro atoms. The predicted molar refractivity (Wildman–Crippen MR) is 132 cm³/mol. The van der Waals surface area contributed by atoms with E-state index in [9.17, 15) is 14.4 Å². The van der Waals surface area contributed by atoms with E-state index < -0.39 is 39.7 Å². The first kappa shape index (κ1) is 24.8. The number of ether oxygens (including phenoxy) is 4. The van der Waals surface area contributed by atoms with Crippen molar-refractivity contribution in [3.8, 4) is 5.75 Å². The Hall–Kier alpha value is -3.93. The Labute approximate surface area is 212 Å². The number of hydrogen-bond acceptors (Lipinski definition) is 9. The fraction of sp³-hybridized carbons (Fsp3) is 0.480. The number of benzene rings is 1. The van der Waals surface area contributed by atoms with Crippen LogP contribution in [-0.2, 0) is 19.7 Å². The monoisotopic (exact) mass is 511 g/mol. The number of nitrogens with one attached hydrogen (secondary N) is 3. The van der Waals surface area contributed by atoms with Crippen molar-refractivity contribution in [3.05, 3.63) is 52.2 Å². The molecule has 0 radical (unpaired) electrons. The van der Waals surface area contributed by atoms with Gasteiger partial charge in [-0.15, -0.1) is 0 Å². The summed E-state index contributed by atoms with van der Waals surface area (Å²) >= 11 is 0. The number of nitrogens with zero attached hydrogens (tertiary/aromatic N) is 2. The third kappa shape index (κ3) is 4.10. The van der Waals surface area contributed by atoms with E-state index in [1.807, 2.05) is 13.8 Å². The van der Waals surface area contributed by atoms with Crippen molar-refractivity contribution < 1.29 is 28.5 Å². The van der Waals surface area contributed by atoms with Gasteiger partial charge in [-0.1, -0.05) is 0 Å². The molecule has 5 rings (SSSR count). The summed E-state index contributed by atoms with van der Waals surface area (Å²) in [7, 11) is 0. The van der Waals surface area contributed by atoms with Crippen LogP contribution in [0, 0.1) is 5.41 Å². The van der Waals surface area contributed by atoms with Crippen LogP contribution in [0.25, 0.3) is 0 Å². The van der Waals surface area contributed by atoms with Gasteiger partial charge < -0.3 is 29.2 Å². The van der Waals surface area contributed by atoms with E-state index in [0.29, 0.717) is 30.2 Å². The molecule has 1 aromatic carbocycles. The molecule has 3 aliphatic rings. The highest BCUT2D eigenvalue weighted by Crippen LogP contribution is 2.62. The summed E-state index contributed by atoms with van der Waals surface area (Å²) in [4.78, 5) is 47.6. The van der Waals surface area contributed by atoms with E-state index in [4.69, 9.17) is 23.9 Å². The number of amides is 2. The molecule has 3 aliphatic heterocycles. The number of aromatic nitrogens is 2. The summed E-state index contributed by atoms with van der Waals surface area (Å²) in [6, 6.07) is 5.28. The molecule has 0 saturated carbocycles. The van der Waals surface area contributed by atoms with Crippen LogP contribution in [-0.4, -0.2) is 59.0 Å². The number of carbonyl (C=O) groups excluding carboxylic acids is 2. The number of alkyl carbamates (subject to hydrolysis) is 1. The van der Waals surface area contributed by atoms with E-state index in [-0.39, 0.29) is 18.3 Å². The summed E-state index contributed by atoms with van der Waals surface area (Å²) in [5.74, 6) is 0.0796. The lowest BCUT2D eigenvalue weighted by molar-refractivity contribution is -0.247. The molecule has 1 atom stereocenters. The largest absolute Gasteiger partial charge is 0.487 e. The lowest BCUT2D eigenvalue weighted by atomic mass is 9.55. The Morgan fingerprint density at radius 3 is 2.51 bits per heavy atom. The Morgan fingerprint density at radius 2 is 1.89 bits per heavy atom. The van der Waals surface area contributed by atoms with Crippen molar-refractivity contribution in [1.29, 1.82) is 0 Å². The van der Waals surface area contributed by atoms with Crippen molar-refractivity contribution in [2.75, 3.05) is 25.1 Å². The maximum atomic E-state index is 12.7.